The predicted octanol–water partition coefficient (Wildman–Crippen LogP) is 1.93. The molecule has 7 nitrogen and oxygen atoms in total. The van der Waals surface area contributed by atoms with Gasteiger partial charge in [0, 0.05) is 44.0 Å². The molecule has 3 heterocycles. The number of halogens is 1. The number of rotatable bonds is 4. The second-order valence-electron chi connectivity index (χ2n) is 6.36. The molecule has 27 heavy (non-hydrogen) atoms. The predicted molar refractivity (Wildman–Crippen MR) is 96.7 cm³/mol. The van der Waals surface area contributed by atoms with Gasteiger partial charge in [0.25, 0.3) is 5.56 Å². The van der Waals surface area contributed by atoms with Crippen LogP contribution in [0.3, 0.4) is 0 Å². The van der Waals surface area contributed by atoms with Gasteiger partial charge in [-0.3, -0.25) is 9.69 Å². The molecule has 0 saturated heterocycles. The molecule has 0 fully saturated rings. The molecule has 0 amide bonds. The van der Waals surface area contributed by atoms with Crippen molar-refractivity contribution < 1.29 is 9.13 Å². The minimum absolute atomic E-state index is 0.185. The highest BCUT2D eigenvalue weighted by Gasteiger charge is 2.23. The number of ether oxygens (including phenoxy) is 1. The largest absolute Gasteiger partial charge is 0.494 e. The number of H-pyrrole nitrogens is 1. The molecule has 1 N–H and O–H groups in total. The summed E-state index contributed by atoms with van der Waals surface area (Å²) in [5.74, 6) is 0.322. The molecule has 2 aromatic heterocycles. The second kappa shape index (κ2) is 7.24. The molecule has 1 aromatic carbocycles. The third-order valence-electron chi connectivity index (χ3n) is 4.64. The lowest BCUT2D eigenvalue weighted by Gasteiger charge is -2.28. The number of nitrogens with one attached hydrogen (secondary N) is 1. The van der Waals surface area contributed by atoms with Crippen LogP contribution in [0.2, 0.25) is 0 Å². The molecule has 1 aliphatic heterocycles. The minimum atomic E-state index is -0.364. The molecule has 0 unspecified atom stereocenters. The maximum Gasteiger partial charge on any atom is 0.255 e. The Hall–Kier alpha value is -3.13. The minimum Gasteiger partial charge on any atom is -0.494 e. The summed E-state index contributed by atoms with van der Waals surface area (Å²) in [6, 6.07) is 5.08. The quantitative estimate of drug-likeness (QED) is 0.759. The van der Waals surface area contributed by atoms with E-state index >= 15 is 0 Å². The van der Waals surface area contributed by atoms with E-state index < -0.39 is 0 Å². The first-order valence-corrected chi connectivity index (χ1v) is 8.57. The third-order valence-corrected chi connectivity index (χ3v) is 4.64. The molecule has 0 atom stereocenters. The molecule has 4 rings (SSSR count). The van der Waals surface area contributed by atoms with E-state index in [-0.39, 0.29) is 17.1 Å². The molecule has 1 aliphatic rings. The zero-order valence-electron chi connectivity index (χ0n) is 14.8. The number of nitrogens with zero attached hydrogens (tertiary/aromatic N) is 4. The number of hydrogen-bond acceptors (Lipinski definition) is 6. The van der Waals surface area contributed by atoms with Crippen molar-refractivity contribution in [3.8, 4) is 17.1 Å². The summed E-state index contributed by atoms with van der Waals surface area (Å²) in [5.41, 5.74) is 2.40. The fourth-order valence-electron chi connectivity index (χ4n) is 3.25. The van der Waals surface area contributed by atoms with Gasteiger partial charge in [0.15, 0.2) is 11.6 Å². The average molecular weight is 367 g/mol. The van der Waals surface area contributed by atoms with Crippen LogP contribution in [0.4, 0.5) is 4.39 Å². The summed E-state index contributed by atoms with van der Waals surface area (Å²) in [4.78, 5) is 29.9. The third kappa shape index (κ3) is 3.43. The van der Waals surface area contributed by atoms with Crippen LogP contribution in [-0.2, 0) is 19.5 Å². The molecule has 0 aliphatic carbocycles. The van der Waals surface area contributed by atoms with Gasteiger partial charge >= 0.3 is 0 Å². The zero-order valence-corrected chi connectivity index (χ0v) is 14.8. The SMILES string of the molecule is COc1cccc(CN2CCc3nc(-c4cncnc4)[nH]c(=O)c3C2)c1F. The van der Waals surface area contributed by atoms with Crippen molar-refractivity contribution in [1.82, 2.24) is 24.8 Å². The highest BCUT2D eigenvalue weighted by atomic mass is 19.1. The summed E-state index contributed by atoms with van der Waals surface area (Å²) in [6.07, 6.45) is 5.26. The summed E-state index contributed by atoms with van der Waals surface area (Å²) in [5, 5.41) is 0. The molecule has 138 valence electrons. The van der Waals surface area contributed by atoms with Crippen LogP contribution in [0, 0.1) is 5.82 Å². The van der Waals surface area contributed by atoms with Crippen LogP contribution >= 0.6 is 0 Å². The highest BCUT2D eigenvalue weighted by Crippen LogP contribution is 2.24. The molecule has 0 radical (unpaired) electrons. The van der Waals surface area contributed by atoms with Gasteiger partial charge in [-0.05, 0) is 6.07 Å². The van der Waals surface area contributed by atoms with Crippen LogP contribution in [0.5, 0.6) is 5.75 Å². The second-order valence-corrected chi connectivity index (χ2v) is 6.36. The average Bonchev–Trinajstić information content (AvgIpc) is 2.70. The van der Waals surface area contributed by atoms with Crippen LogP contribution in [-0.4, -0.2) is 38.5 Å². The Morgan fingerprint density at radius 2 is 2.11 bits per heavy atom. The molecular weight excluding hydrogens is 349 g/mol. The van der Waals surface area contributed by atoms with Gasteiger partial charge in [-0.25, -0.2) is 19.3 Å². The monoisotopic (exact) mass is 367 g/mol. The fourth-order valence-corrected chi connectivity index (χ4v) is 3.25. The smallest absolute Gasteiger partial charge is 0.255 e. The maximum absolute atomic E-state index is 14.4. The van der Waals surface area contributed by atoms with Gasteiger partial charge in [0.2, 0.25) is 0 Å². The Balaban J connectivity index is 1.58. The number of methoxy groups -OCH3 is 1. The van der Waals surface area contributed by atoms with Crippen molar-refractivity contribution in [3.63, 3.8) is 0 Å². The molecular formula is C19H18FN5O2. The van der Waals surface area contributed by atoms with E-state index in [1.807, 2.05) is 4.90 Å². The van der Waals surface area contributed by atoms with Crippen molar-refractivity contribution in [3.05, 3.63) is 69.9 Å². The Labute approximate surface area is 154 Å². The number of fused-ring (bicyclic) bond motifs is 1. The number of aromatic nitrogens is 4. The molecule has 0 spiro atoms. The van der Waals surface area contributed by atoms with Crippen LogP contribution in [0.25, 0.3) is 11.4 Å². The normalized spacial score (nSPS) is 14.0. The van der Waals surface area contributed by atoms with Gasteiger partial charge < -0.3 is 9.72 Å². The van der Waals surface area contributed by atoms with Crippen molar-refractivity contribution in [1.29, 1.82) is 0 Å². The molecule has 3 aromatic rings. The van der Waals surface area contributed by atoms with Gasteiger partial charge in [0.05, 0.1) is 23.9 Å². The first-order chi connectivity index (χ1) is 13.2. The van der Waals surface area contributed by atoms with Crippen molar-refractivity contribution in [2.45, 2.75) is 19.5 Å². The van der Waals surface area contributed by atoms with E-state index in [1.54, 1.807) is 30.6 Å². The number of aromatic amines is 1. The van der Waals surface area contributed by atoms with Gasteiger partial charge in [-0.2, -0.15) is 0 Å². The van der Waals surface area contributed by atoms with E-state index in [0.29, 0.717) is 48.6 Å². The van der Waals surface area contributed by atoms with E-state index in [9.17, 15) is 9.18 Å². The standard InChI is InChI=1S/C19H18FN5O2/c1-27-16-4-2-3-12(17(16)20)9-25-6-5-15-14(10-25)19(26)24-18(23-15)13-7-21-11-22-8-13/h2-4,7-8,11H,5-6,9-10H2,1H3,(H,23,24,26). The molecule has 0 bridgehead atoms. The van der Waals surface area contributed by atoms with E-state index in [4.69, 9.17) is 4.74 Å². The van der Waals surface area contributed by atoms with E-state index in [0.717, 1.165) is 5.69 Å². The number of hydrogen-bond donors (Lipinski definition) is 1. The summed E-state index contributed by atoms with van der Waals surface area (Å²) in [6.45, 7) is 1.50. The van der Waals surface area contributed by atoms with Crippen molar-refractivity contribution >= 4 is 0 Å². The lowest BCUT2D eigenvalue weighted by Crippen LogP contribution is -2.35. The van der Waals surface area contributed by atoms with Gasteiger partial charge in [-0.1, -0.05) is 12.1 Å². The van der Waals surface area contributed by atoms with E-state index in [2.05, 4.69) is 19.9 Å². The summed E-state index contributed by atoms with van der Waals surface area (Å²) >= 11 is 0. The topological polar surface area (TPSA) is 84.0 Å². The summed E-state index contributed by atoms with van der Waals surface area (Å²) in [7, 11) is 1.44. The van der Waals surface area contributed by atoms with Gasteiger partial charge in [0.1, 0.15) is 12.2 Å². The molecule has 0 saturated carbocycles. The molecule has 8 heteroatoms. The van der Waals surface area contributed by atoms with Crippen LogP contribution in [0.1, 0.15) is 16.8 Å². The zero-order chi connectivity index (χ0) is 18.8. The summed E-state index contributed by atoms with van der Waals surface area (Å²) < 4.78 is 19.4. The van der Waals surface area contributed by atoms with Crippen LogP contribution in [0.15, 0.2) is 41.7 Å². The number of benzene rings is 1. The Morgan fingerprint density at radius 3 is 2.89 bits per heavy atom. The first-order valence-electron chi connectivity index (χ1n) is 8.57. The lowest BCUT2D eigenvalue weighted by molar-refractivity contribution is 0.237. The fraction of sp³-hybridized carbons (Fsp3) is 0.263. The highest BCUT2D eigenvalue weighted by molar-refractivity contribution is 5.52. The first kappa shape index (κ1) is 17.3. The lowest BCUT2D eigenvalue weighted by atomic mass is 10.1. The Bertz CT molecular complexity index is 1020. The Morgan fingerprint density at radius 1 is 1.30 bits per heavy atom. The van der Waals surface area contributed by atoms with Gasteiger partial charge in [-0.15, -0.1) is 0 Å². The van der Waals surface area contributed by atoms with Crippen molar-refractivity contribution in [2.75, 3.05) is 13.7 Å². The van der Waals surface area contributed by atoms with Crippen molar-refractivity contribution in [2.24, 2.45) is 0 Å². The Kier molecular flexibility index (Phi) is 4.64. The van der Waals surface area contributed by atoms with E-state index in [1.165, 1.54) is 13.4 Å². The van der Waals surface area contributed by atoms with Crippen LogP contribution < -0.4 is 10.3 Å². The maximum atomic E-state index is 14.4.